The minimum Gasteiger partial charge on any atom is -0.363 e. The molecule has 24 heavy (non-hydrogen) atoms. The summed E-state index contributed by atoms with van der Waals surface area (Å²) in [4.78, 5) is 7.62. The third-order valence-electron chi connectivity index (χ3n) is 2.73. The summed E-state index contributed by atoms with van der Waals surface area (Å²) < 4.78 is 25.8. The Labute approximate surface area is 151 Å². The zero-order chi connectivity index (χ0) is 16.7. The smallest absolute Gasteiger partial charge is 0.196 e. The average Bonchev–Trinajstić information content (AvgIpc) is 2.57. The Balaban J connectivity index is 0.000000252. The second-order valence-corrected chi connectivity index (χ2v) is 4.38. The number of hydrogen-bond donors (Lipinski definition) is 2. The van der Waals surface area contributed by atoms with E-state index in [1.54, 1.807) is 42.6 Å². The third-order valence-corrected chi connectivity index (χ3v) is 2.73. The number of rotatable bonds is 2. The van der Waals surface area contributed by atoms with E-state index in [-0.39, 0.29) is 31.4 Å². The molecule has 0 saturated heterocycles. The molecule has 2 N–H and O–H groups in total. The molecule has 0 aliphatic carbocycles. The molecular formula is C17H13F2IrN2O2-. The van der Waals surface area contributed by atoms with Gasteiger partial charge in [0, 0.05) is 44.1 Å². The molecule has 0 saturated carbocycles. The zero-order valence-electron chi connectivity index (χ0n) is 12.2. The summed E-state index contributed by atoms with van der Waals surface area (Å²) in [6.07, 6.45) is 1.60. The predicted molar refractivity (Wildman–Crippen MR) is 79.8 cm³/mol. The van der Waals surface area contributed by atoms with Gasteiger partial charge in [-0.25, -0.2) is 0 Å². The van der Waals surface area contributed by atoms with Crippen LogP contribution in [0.25, 0.3) is 11.3 Å². The Morgan fingerprint density at radius 3 is 2.08 bits per heavy atom. The first-order chi connectivity index (χ1) is 11.1. The van der Waals surface area contributed by atoms with E-state index < -0.39 is 17.9 Å². The van der Waals surface area contributed by atoms with Crippen LogP contribution in [0, 0.1) is 17.7 Å². The van der Waals surface area contributed by atoms with Gasteiger partial charge in [-0.3, -0.25) is 13.8 Å². The van der Waals surface area contributed by atoms with Crippen LogP contribution in [0.4, 0.5) is 8.78 Å². The van der Waals surface area contributed by atoms with Gasteiger partial charge in [-0.15, -0.1) is 12.1 Å². The van der Waals surface area contributed by atoms with Crippen LogP contribution >= 0.6 is 0 Å². The average molecular weight is 508 g/mol. The van der Waals surface area contributed by atoms with Crippen molar-refractivity contribution in [3.05, 3.63) is 84.3 Å². The van der Waals surface area contributed by atoms with Crippen LogP contribution < -0.4 is 0 Å². The number of halogens is 2. The number of benzene rings is 1. The molecule has 127 valence electrons. The van der Waals surface area contributed by atoms with Crippen molar-refractivity contribution in [3.63, 3.8) is 0 Å². The van der Waals surface area contributed by atoms with Gasteiger partial charge in [0.2, 0.25) is 0 Å². The molecule has 2 heterocycles. The Morgan fingerprint density at radius 2 is 1.62 bits per heavy atom. The monoisotopic (exact) mass is 508 g/mol. The van der Waals surface area contributed by atoms with Crippen LogP contribution in [0.15, 0.2) is 60.9 Å². The predicted octanol–water partition coefficient (Wildman–Crippen LogP) is 2.89. The normalized spacial score (nSPS) is 9.71. The first-order valence-electron chi connectivity index (χ1n) is 6.63. The van der Waals surface area contributed by atoms with Gasteiger partial charge in [0.15, 0.2) is 6.29 Å². The Kier molecular flexibility index (Phi) is 8.29. The minimum absolute atomic E-state index is 0. The maximum Gasteiger partial charge on any atom is 0.196 e. The number of nitrogens with zero attached hydrogens (tertiary/aromatic N) is 2. The van der Waals surface area contributed by atoms with Crippen LogP contribution in [0.3, 0.4) is 0 Å². The summed E-state index contributed by atoms with van der Waals surface area (Å²) in [5.74, 6) is -1.29. The van der Waals surface area contributed by atoms with Crippen LogP contribution in [-0.2, 0) is 20.1 Å². The van der Waals surface area contributed by atoms with Crippen molar-refractivity contribution in [2.75, 3.05) is 0 Å². The minimum atomic E-state index is -1.45. The number of aromatic nitrogens is 2. The third kappa shape index (κ3) is 5.86. The summed E-state index contributed by atoms with van der Waals surface area (Å²) in [6, 6.07) is 14.5. The standard InChI is InChI=1S/C11H6F2N.C6H7NO2.Ir/c12-8-4-5-9(10(13)7-8)11-3-1-2-6-14-11;8-6(9)5-3-1-2-4-7-5;/h1-4,6-7H;1-4,6,8-9H;/q-1;;. The maximum absolute atomic E-state index is 13.2. The summed E-state index contributed by atoms with van der Waals surface area (Å²) in [6.45, 7) is 0. The SMILES string of the molecule is Fc1c[c-]c(-c2ccccn2)c(F)c1.OC(O)c1ccccn1.[Ir]. The Hall–Kier alpha value is -2.05. The first-order valence-corrected chi connectivity index (χ1v) is 6.63. The van der Waals surface area contributed by atoms with Gasteiger partial charge in [0.25, 0.3) is 0 Å². The van der Waals surface area contributed by atoms with Crippen molar-refractivity contribution in [2.24, 2.45) is 0 Å². The van der Waals surface area contributed by atoms with Crippen LogP contribution in [0.5, 0.6) is 0 Å². The van der Waals surface area contributed by atoms with E-state index in [2.05, 4.69) is 16.0 Å². The molecule has 0 atom stereocenters. The van der Waals surface area contributed by atoms with Crippen LogP contribution in [-0.4, -0.2) is 20.2 Å². The Bertz CT molecular complexity index is 744. The molecule has 4 nitrogen and oxygen atoms in total. The van der Waals surface area contributed by atoms with E-state index in [1.165, 1.54) is 6.20 Å². The zero-order valence-corrected chi connectivity index (χ0v) is 14.6. The topological polar surface area (TPSA) is 66.2 Å². The van der Waals surface area contributed by atoms with Gasteiger partial charge >= 0.3 is 0 Å². The van der Waals surface area contributed by atoms with Crippen molar-refractivity contribution < 1.29 is 39.1 Å². The number of hydrogen-bond acceptors (Lipinski definition) is 4. The van der Waals surface area contributed by atoms with E-state index >= 15 is 0 Å². The quantitative estimate of drug-likeness (QED) is 0.414. The summed E-state index contributed by atoms with van der Waals surface area (Å²) in [5, 5.41) is 17.0. The molecule has 2 aromatic heterocycles. The van der Waals surface area contributed by atoms with E-state index in [0.29, 0.717) is 5.69 Å². The summed E-state index contributed by atoms with van der Waals surface area (Å²) >= 11 is 0. The molecule has 0 aliphatic rings. The van der Waals surface area contributed by atoms with E-state index in [4.69, 9.17) is 10.2 Å². The largest absolute Gasteiger partial charge is 0.363 e. The molecule has 0 bridgehead atoms. The summed E-state index contributed by atoms with van der Waals surface area (Å²) in [7, 11) is 0. The fourth-order valence-electron chi connectivity index (χ4n) is 1.68. The van der Waals surface area contributed by atoms with Gasteiger partial charge in [-0.1, -0.05) is 29.8 Å². The van der Waals surface area contributed by atoms with E-state index in [0.717, 1.165) is 12.1 Å². The van der Waals surface area contributed by atoms with Crippen molar-refractivity contribution >= 4 is 0 Å². The van der Waals surface area contributed by atoms with Crippen molar-refractivity contribution in [2.45, 2.75) is 6.29 Å². The second-order valence-electron chi connectivity index (χ2n) is 4.38. The molecule has 0 unspecified atom stereocenters. The molecule has 3 aromatic rings. The fourth-order valence-corrected chi connectivity index (χ4v) is 1.68. The van der Waals surface area contributed by atoms with Gasteiger partial charge in [0.05, 0.1) is 5.69 Å². The van der Waals surface area contributed by atoms with Crippen molar-refractivity contribution in [1.29, 1.82) is 0 Å². The Morgan fingerprint density at radius 1 is 0.958 bits per heavy atom. The molecule has 1 aromatic carbocycles. The van der Waals surface area contributed by atoms with Crippen LogP contribution in [0.1, 0.15) is 12.0 Å². The van der Waals surface area contributed by atoms with Gasteiger partial charge in [-0.05, 0) is 23.9 Å². The molecule has 0 fully saturated rings. The molecule has 0 amide bonds. The molecule has 3 rings (SSSR count). The molecule has 0 aliphatic heterocycles. The van der Waals surface area contributed by atoms with E-state index in [1.807, 2.05) is 0 Å². The number of aliphatic hydroxyl groups is 2. The van der Waals surface area contributed by atoms with Gasteiger partial charge in [-0.2, -0.15) is 0 Å². The van der Waals surface area contributed by atoms with Gasteiger partial charge < -0.3 is 15.2 Å². The van der Waals surface area contributed by atoms with Gasteiger partial charge in [0.1, 0.15) is 0 Å². The molecular weight excluding hydrogens is 494 g/mol. The number of aliphatic hydroxyl groups excluding tert-OH is 1. The summed E-state index contributed by atoms with van der Waals surface area (Å²) in [5.41, 5.74) is 0.912. The van der Waals surface area contributed by atoms with Crippen molar-refractivity contribution in [3.8, 4) is 11.3 Å². The van der Waals surface area contributed by atoms with E-state index in [9.17, 15) is 8.78 Å². The maximum atomic E-state index is 13.2. The molecule has 0 spiro atoms. The van der Waals surface area contributed by atoms with Crippen LogP contribution in [0.2, 0.25) is 0 Å². The second kappa shape index (κ2) is 9.95. The molecule has 7 heteroatoms. The fraction of sp³-hybridized carbons (Fsp3) is 0.0588. The molecule has 1 radical (unpaired) electrons. The number of pyridine rings is 2. The van der Waals surface area contributed by atoms with Crippen molar-refractivity contribution in [1.82, 2.24) is 9.97 Å². The first kappa shape index (κ1) is 20.0.